The van der Waals surface area contributed by atoms with Crippen LogP contribution < -0.4 is 5.56 Å². The zero-order valence-electron chi connectivity index (χ0n) is 13.0. The van der Waals surface area contributed by atoms with Crippen molar-refractivity contribution in [3.8, 4) is 10.6 Å². The van der Waals surface area contributed by atoms with Crippen molar-refractivity contribution in [2.45, 2.75) is 12.6 Å². The number of hydrogen-bond donors (Lipinski definition) is 1. The van der Waals surface area contributed by atoms with E-state index in [9.17, 15) is 9.90 Å². The van der Waals surface area contributed by atoms with Crippen molar-refractivity contribution < 1.29 is 5.11 Å². The van der Waals surface area contributed by atoms with Gasteiger partial charge in [-0.2, -0.15) is 5.10 Å². The van der Waals surface area contributed by atoms with Crippen molar-refractivity contribution in [1.82, 2.24) is 14.2 Å². The number of halogens is 1. The van der Waals surface area contributed by atoms with Gasteiger partial charge in [0, 0.05) is 17.4 Å². The highest BCUT2D eigenvalue weighted by Crippen LogP contribution is 2.23. The Labute approximate surface area is 152 Å². The van der Waals surface area contributed by atoms with Gasteiger partial charge in [-0.05, 0) is 35.2 Å². The highest BCUT2D eigenvalue weighted by molar-refractivity contribution is 7.13. The maximum atomic E-state index is 12.7. The second kappa shape index (κ2) is 6.48. The first-order valence-corrected chi connectivity index (χ1v) is 8.94. The first-order valence-electron chi connectivity index (χ1n) is 7.68. The zero-order chi connectivity index (χ0) is 17.4. The minimum Gasteiger partial charge on any atom is -0.387 e. The molecular weight excluding hydrogens is 358 g/mol. The van der Waals surface area contributed by atoms with Crippen molar-refractivity contribution in [2.24, 2.45) is 0 Å². The minimum atomic E-state index is -0.794. The fraction of sp³-hybridized carbons (Fsp3) is 0.111. The number of fused-ring (bicyclic) bond motifs is 1. The van der Waals surface area contributed by atoms with Crippen LogP contribution in [0, 0.1) is 0 Å². The summed E-state index contributed by atoms with van der Waals surface area (Å²) in [6, 6.07) is 12.6. The number of aliphatic hydroxyl groups excluding tert-OH is 1. The standard InChI is InChI=1S/C18H14ClN3O2S/c19-13-5-3-12(4-6-13)16(23)11-21-7-8-22-15(18(21)24)10-14(20-22)17-2-1-9-25-17/h1-10,16,23H,11H2. The van der Waals surface area contributed by atoms with Crippen LogP contribution in [0.15, 0.2) is 65.0 Å². The van der Waals surface area contributed by atoms with Crippen LogP contribution in [0.25, 0.3) is 16.1 Å². The van der Waals surface area contributed by atoms with E-state index < -0.39 is 6.10 Å². The number of nitrogens with zero attached hydrogens (tertiary/aromatic N) is 3. The summed E-state index contributed by atoms with van der Waals surface area (Å²) in [5.74, 6) is 0. The molecule has 0 saturated carbocycles. The van der Waals surface area contributed by atoms with Crippen molar-refractivity contribution >= 4 is 28.5 Å². The predicted molar refractivity (Wildman–Crippen MR) is 99.2 cm³/mol. The fourth-order valence-corrected chi connectivity index (χ4v) is 3.50. The van der Waals surface area contributed by atoms with Crippen LogP contribution in [0.2, 0.25) is 5.02 Å². The van der Waals surface area contributed by atoms with Gasteiger partial charge in [-0.15, -0.1) is 11.3 Å². The highest BCUT2D eigenvalue weighted by atomic mass is 35.5. The van der Waals surface area contributed by atoms with Gasteiger partial charge in [0.05, 0.1) is 17.5 Å². The van der Waals surface area contributed by atoms with Crippen LogP contribution in [0.5, 0.6) is 0 Å². The van der Waals surface area contributed by atoms with E-state index in [2.05, 4.69) is 5.10 Å². The molecule has 0 spiro atoms. The van der Waals surface area contributed by atoms with Gasteiger partial charge >= 0.3 is 0 Å². The zero-order valence-corrected chi connectivity index (χ0v) is 14.6. The molecule has 3 aromatic heterocycles. The largest absolute Gasteiger partial charge is 0.387 e. The number of hydrogen-bond acceptors (Lipinski definition) is 4. The first-order chi connectivity index (χ1) is 12.1. The lowest BCUT2D eigenvalue weighted by atomic mass is 10.1. The molecule has 0 amide bonds. The second-order valence-electron chi connectivity index (χ2n) is 5.66. The molecule has 4 aromatic rings. The average Bonchev–Trinajstić information content (AvgIpc) is 3.27. The van der Waals surface area contributed by atoms with Crippen LogP contribution in [-0.2, 0) is 6.54 Å². The van der Waals surface area contributed by atoms with Crippen LogP contribution in [0.3, 0.4) is 0 Å². The summed E-state index contributed by atoms with van der Waals surface area (Å²) >= 11 is 7.44. The van der Waals surface area contributed by atoms with E-state index in [1.807, 2.05) is 17.5 Å². The van der Waals surface area contributed by atoms with Gasteiger partial charge in [-0.25, -0.2) is 4.52 Å². The van der Waals surface area contributed by atoms with Crippen molar-refractivity contribution in [3.63, 3.8) is 0 Å². The van der Waals surface area contributed by atoms with Gasteiger partial charge in [-0.1, -0.05) is 29.8 Å². The summed E-state index contributed by atoms with van der Waals surface area (Å²) in [4.78, 5) is 13.7. The molecule has 0 radical (unpaired) electrons. The summed E-state index contributed by atoms with van der Waals surface area (Å²) in [7, 11) is 0. The van der Waals surface area contributed by atoms with Gasteiger partial charge in [0.1, 0.15) is 11.2 Å². The maximum Gasteiger partial charge on any atom is 0.276 e. The number of aromatic nitrogens is 3. The number of aliphatic hydroxyl groups is 1. The molecule has 0 aliphatic rings. The lowest BCUT2D eigenvalue weighted by molar-refractivity contribution is 0.155. The van der Waals surface area contributed by atoms with Crippen molar-refractivity contribution in [1.29, 1.82) is 0 Å². The number of rotatable bonds is 4. The van der Waals surface area contributed by atoms with Gasteiger partial charge < -0.3 is 9.67 Å². The predicted octanol–water partition coefficient (Wildman–Crippen LogP) is 3.61. The molecule has 3 heterocycles. The third-order valence-corrected chi connectivity index (χ3v) is 5.15. The molecule has 1 unspecified atom stereocenters. The van der Waals surface area contributed by atoms with E-state index >= 15 is 0 Å². The lowest BCUT2D eigenvalue weighted by Gasteiger charge is -2.13. The third-order valence-electron chi connectivity index (χ3n) is 4.00. The summed E-state index contributed by atoms with van der Waals surface area (Å²) in [6.07, 6.45) is 2.57. The maximum absolute atomic E-state index is 12.7. The van der Waals surface area contributed by atoms with Gasteiger partial charge in [0.25, 0.3) is 5.56 Å². The van der Waals surface area contributed by atoms with Crippen molar-refractivity contribution in [2.75, 3.05) is 0 Å². The Balaban J connectivity index is 1.67. The first kappa shape index (κ1) is 16.1. The molecule has 1 aromatic carbocycles. The Kier molecular flexibility index (Phi) is 4.17. The number of thiophene rings is 1. The lowest BCUT2D eigenvalue weighted by Crippen LogP contribution is -2.24. The van der Waals surface area contributed by atoms with Gasteiger partial charge in [0.15, 0.2) is 0 Å². The molecule has 0 aliphatic carbocycles. The quantitative estimate of drug-likeness (QED) is 0.596. The Morgan fingerprint density at radius 3 is 2.72 bits per heavy atom. The van der Waals surface area contributed by atoms with Crippen molar-refractivity contribution in [3.05, 3.63) is 81.2 Å². The molecule has 7 heteroatoms. The van der Waals surface area contributed by atoms with E-state index in [-0.39, 0.29) is 12.1 Å². The van der Waals surface area contributed by atoms with Gasteiger partial charge in [-0.3, -0.25) is 4.79 Å². The molecule has 0 saturated heterocycles. The summed E-state index contributed by atoms with van der Waals surface area (Å²) in [5.41, 5.74) is 1.77. The second-order valence-corrected chi connectivity index (χ2v) is 7.04. The minimum absolute atomic E-state index is 0.163. The Bertz CT molecular complexity index is 1070. The summed E-state index contributed by atoms with van der Waals surface area (Å²) in [6.45, 7) is 0.163. The molecule has 126 valence electrons. The molecule has 0 bridgehead atoms. The molecule has 1 N–H and O–H groups in total. The monoisotopic (exact) mass is 371 g/mol. The van der Waals surface area contributed by atoms with Crippen LogP contribution in [-0.4, -0.2) is 19.3 Å². The van der Waals surface area contributed by atoms with Gasteiger partial charge in [0.2, 0.25) is 0 Å². The van der Waals surface area contributed by atoms with E-state index in [1.54, 1.807) is 58.6 Å². The molecule has 4 rings (SSSR count). The third kappa shape index (κ3) is 3.11. The Hall–Kier alpha value is -2.41. The Morgan fingerprint density at radius 1 is 1.20 bits per heavy atom. The molecular formula is C18H14ClN3O2S. The van der Waals surface area contributed by atoms with E-state index in [1.165, 1.54) is 4.57 Å². The molecule has 0 fully saturated rings. The van der Waals surface area contributed by atoms with E-state index in [0.717, 1.165) is 10.6 Å². The molecule has 5 nitrogen and oxygen atoms in total. The molecule has 0 aliphatic heterocycles. The van der Waals surface area contributed by atoms with Crippen LogP contribution in [0.1, 0.15) is 11.7 Å². The van der Waals surface area contributed by atoms with E-state index in [0.29, 0.717) is 16.1 Å². The number of benzene rings is 1. The van der Waals surface area contributed by atoms with Crippen LogP contribution in [0.4, 0.5) is 0 Å². The topological polar surface area (TPSA) is 59.5 Å². The highest BCUT2D eigenvalue weighted by Gasteiger charge is 2.13. The van der Waals surface area contributed by atoms with E-state index in [4.69, 9.17) is 11.6 Å². The fourth-order valence-electron chi connectivity index (χ4n) is 2.69. The SMILES string of the molecule is O=c1c2cc(-c3cccs3)nn2ccn1CC(O)c1ccc(Cl)cc1. The van der Waals surface area contributed by atoms with Crippen LogP contribution >= 0.6 is 22.9 Å². The molecule has 25 heavy (non-hydrogen) atoms. The summed E-state index contributed by atoms with van der Waals surface area (Å²) < 4.78 is 3.07. The normalized spacial score (nSPS) is 12.6. The molecule has 1 atom stereocenters. The summed E-state index contributed by atoms with van der Waals surface area (Å²) in [5, 5.41) is 17.4. The Morgan fingerprint density at radius 2 is 2.00 bits per heavy atom. The smallest absolute Gasteiger partial charge is 0.276 e. The average molecular weight is 372 g/mol.